The van der Waals surface area contributed by atoms with Crippen LogP contribution in [0.1, 0.15) is 40.5 Å². The molecule has 0 aromatic heterocycles. The molecule has 2 heterocycles. The first kappa shape index (κ1) is 14.3. The van der Waals surface area contributed by atoms with Crippen LogP contribution in [0.15, 0.2) is 0 Å². The molecule has 2 aliphatic rings. The van der Waals surface area contributed by atoms with Gasteiger partial charge < -0.3 is 10.2 Å². The fourth-order valence-corrected chi connectivity index (χ4v) is 3.56. The first-order valence-corrected chi connectivity index (χ1v) is 7.68. The number of nitrogens with one attached hydrogen (secondary N) is 1. The van der Waals surface area contributed by atoms with Gasteiger partial charge in [-0.25, -0.2) is 0 Å². The van der Waals surface area contributed by atoms with Gasteiger partial charge in [0.25, 0.3) is 0 Å². The van der Waals surface area contributed by atoms with Crippen LogP contribution in [-0.2, 0) is 0 Å². The van der Waals surface area contributed by atoms with Gasteiger partial charge in [-0.15, -0.1) is 0 Å². The van der Waals surface area contributed by atoms with Crippen molar-refractivity contribution in [3.8, 4) is 0 Å². The number of likely N-dealkylation sites (tertiary alicyclic amines) is 1. The van der Waals surface area contributed by atoms with Gasteiger partial charge in [0.05, 0.1) is 0 Å². The second kappa shape index (κ2) is 5.89. The fourth-order valence-electron chi connectivity index (χ4n) is 3.56. The molecule has 0 saturated carbocycles. The summed E-state index contributed by atoms with van der Waals surface area (Å²) in [6.07, 6.45) is 2.68. The first-order valence-electron chi connectivity index (χ1n) is 7.68. The highest BCUT2D eigenvalue weighted by Crippen LogP contribution is 2.26. The fraction of sp³-hybridized carbons (Fsp3) is 1.00. The van der Waals surface area contributed by atoms with Crippen molar-refractivity contribution in [1.82, 2.24) is 15.1 Å². The van der Waals surface area contributed by atoms with Crippen LogP contribution >= 0.6 is 0 Å². The number of piperazine rings is 1. The third kappa shape index (κ3) is 3.06. The van der Waals surface area contributed by atoms with Gasteiger partial charge in [-0.3, -0.25) is 4.90 Å². The van der Waals surface area contributed by atoms with Gasteiger partial charge in [0.15, 0.2) is 0 Å². The molecule has 2 saturated heterocycles. The average molecular weight is 253 g/mol. The Morgan fingerprint density at radius 1 is 1.22 bits per heavy atom. The van der Waals surface area contributed by atoms with Gasteiger partial charge >= 0.3 is 0 Å². The van der Waals surface area contributed by atoms with E-state index in [0.29, 0.717) is 6.04 Å². The lowest BCUT2D eigenvalue weighted by Crippen LogP contribution is -2.62. The third-order valence-corrected chi connectivity index (χ3v) is 5.01. The summed E-state index contributed by atoms with van der Waals surface area (Å²) in [5.41, 5.74) is 0. The lowest BCUT2D eigenvalue weighted by molar-refractivity contribution is 0.0166. The van der Waals surface area contributed by atoms with Crippen LogP contribution in [0.3, 0.4) is 0 Å². The number of piperidine rings is 1. The molecule has 0 aromatic rings. The third-order valence-electron chi connectivity index (χ3n) is 5.01. The lowest BCUT2D eigenvalue weighted by Gasteiger charge is -2.49. The molecule has 3 heteroatoms. The summed E-state index contributed by atoms with van der Waals surface area (Å²) in [5.74, 6) is 0.750. The van der Waals surface area contributed by atoms with Crippen LogP contribution in [0.2, 0.25) is 0 Å². The van der Waals surface area contributed by atoms with Crippen LogP contribution < -0.4 is 5.32 Å². The Hall–Kier alpha value is -0.120. The molecule has 2 rings (SSSR count). The highest BCUT2D eigenvalue weighted by molar-refractivity contribution is 4.93. The van der Waals surface area contributed by atoms with E-state index in [0.717, 1.165) is 24.0 Å². The minimum Gasteiger partial charge on any atom is -0.311 e. The van der Waals surface area contributed by atoms with Crippen molar-refractivity contribution in [2.24, 2.45) is 5.92 Å². The molecular weight excluding hydrogens is 222 g/mol. The maximum atomic E-state index is 3.65. The largest absolute Gasteiger partial charge is 0.311 e. The van der Waals surface area contributed by atoms with Crippen LogP contribution in [0.25, 0.3) is 0 Å². The Balaban J connectivity index is 2.03. The van der Waals surface area contributed by atoms with Crippen molar-refractivity contribution in [2.75, 3.05) is 26.7 Å². The van der Waals surface area contributed by atoms with Crippen molar-refractivity contribution >= 4 is 0 Å². The summed E-state index contributed by atoms with van der Waals surface area (Å²) >= 11 is 0. The van der Waals surface area contributed by atoms with Crippen molar-refractivity contribution in [3.05, 3.63) is 0 Å². The van der Waals surface area contributed by atoms with Crippen molar-refractivity contribution in [1.29, 1.82) is 0 Å². The molecule has 0 bridgehead atoms. The average Bonchev–Trinajstić information content (AvgIpc) is 2.32. The van der Waals surface area contributed by atoms with Gasteiger partial charge in [0.2, 0.25) is 0 Å². The van der Waals surface area contributed by atoms with Crippen molar-refractivity contribution in [2.45, 2.75) is 64.7 Å². The Labute approximate surface area is 113 Å². The number of hydrogen-bond acceptors (Lipinski definition) is 3. The smallest absolute Gasteiger partial charge is 0.0247 e. The molecule has 0 amide bonds. The minimum atomic E-state index is 0.648. The summed E-state index contributed by atoms with van der Waals surface area (Å²) in [6.45, 7) is 13.1. The first-order chi connectivity index (χ1) is 8.49. The second-order valence-corrected chi connectivity index (χ2v) is 6.83. The molecule has 106 valence electrons. The molecule has 0 aliphatic carbocycles. The molecule has 18 heavy (non-hydrogen) atoms. The van der Waals surface area contributed by atoms with Gasteiger partial charge in [0.1, 0.15) is 0 Å². The molecule has 4 unspecified atom stereocenters. The second-order valence-electron chi connectivity index (χ2n) is 6.83. The summed E-state index contributed by atoms with van der Waals surface area (Å²) < 4.78 is 0. The number of nitrogens with zero attached hydrogens (tertiary/aromatic N) is 2. The van der Waals surface area contributed by atoms with E-state index in [4.69, 9.17) is 0 Å². The zero-order valence-corrected chi connectivity index (χ0v) is 12.8. The standard InChI is InChI=1S/C15H31N3/c1-11(2)15-9-16-12(3)10-18(15)14-6-7-17(5)13(4)8-14/h11-16H,6-10H2,1-5H3. The van der Waals surface area contributed by atoms with E-state index in [1.54, 1.807) is 0 Å². The van der Waals surface area contributed by atoms with Crippen LogP contribution in [0, 0.1) is 5.92 Å². The van der Waals surface area contributed by atoms with Gasteiger partial charge in [-0.05, 0) is 46.2 Å². The van der Waals surface area contributed by atoms with Gasteiger partial charge in [0, 0.05) is 37.3 Å². The maximum Gasteiger partial charge on any atom is 0.0247 e. The highest BCUT2D eigenvalue weighted by Gasteiger charge is 2.35. The summed E-state index contributed by atoms with van der Waals surface area (Å²) in [5, 5.41) is 3.65. The zero-order valence-electron chi connectivity index (χ0n) is 12.8. The topological polar surface area (TPSA) is 18.5 Å². The molecule has 1 N–H and O–H groups in total. The Morgan fingerprint density at radius 2 is 1.94 bits per heavy atom. The summed E-state index contributed by atoms with van der Waals surface area (Å²) in [4.78, 5) is 5.32. The normalized spacial score (nSPS) is 40.3. The van der Waals surface area contributed by atoms with E-state index in [-0.39, 0.29) is 0 Å². The van der Waals surface area contributed by atoms with E-state index in [2.05, 4.69) is 49.9 Å². The molecule has 2 fully saturated rings. The molecular formula is C15H31N3. The molecule has 4 atom stereocenters. The Morgan fingerprint density at radius 3 is 2.56 bits per heavy atom. The van der Waals surface area contributed by atoms with E-state index in [9.17, 15) is 0 Å². The minimum absolute atomic E-state index is 0.648. The maximum absolute atomic E-state index is 3.65. The quantitative estimate of drug-likeness (QED) is 0.809. The summed E-state index contributed by atoms with van der Waals surface area (Å²) in [6, 6.07) is 2.91. The summed E-state index contributed by atoms with van der Waals surface area (Å²) in [7, 11) is 2.27. The monoisotopic (exact) mass is 253 g/mol. The predicted molar refractivity (Wildman–Crippen MR) is 77.9 cm³/mol. The lowest BCUT2D eigenvalue weighted by atomic mass is 9.91. The molecule has 0 spiro atoms. The van der Waals surface area contributed by atoms with E-state index in [1.807, 2.05) is 0 Å². The van der Waals surface area contributed by atoms with Crippen molar-refractivity contribution in [3.63, 3.8) is 0 Å². The Bertz CT molecular complexity index is 266. The molecule has 2 aliphatic heterocycles. The van der Waals surface area contributed by atoms with Crippen LogP contribution in [0.5, 0.6) is 0 Å². The highest BCUT2D eigenvalue weighted by atomic mass is 15.3. The van der Waals surface area contributed by atoms with E-state index < -0.39 is 0 Å². The molecule has 0 radical (unpaired) electrons. The van der Waals surface area contributed by atoms with Crippen LogP contribution in [-0.4, -0.2) is 60.6 Å². The van der Waals surface area contributed by atoms with Gasteiger partial charge in [-0.1, -0.05) is 13.8 Å². The van der Waals surface area contributed by atoms with Crippen LogP contribution in [0.4, 0.5) is 0 Å². The van der Waals surface area contributed by atoms with E-state index in [1.165, 1.54) is 32.5 Å². The van der Waals surface area contributed by atoms with Gasteiger partial charge in [-0.2, -0.15) is 0 Å². The molecule has 3 nitrogen and oxygen atoms in total. The van der Waals surface area contributed by atoms with E-state index >= 15 is 0 Å². The predicted octanol–water partition coefficient (Wildman–Crippen LogP) is 1.79. The number of hydrogen-bond donors (Lipinski definition) is 1. The Kier molecular flexibility index (Phi) is 4.68. The number of rotatable bonds is 2. The zero-order chi connectivity index (χ0) is 13.3. The van der Waals surface area contributed by atoms with Crippen molar-refractivity contribution < 1.29 is 0 Å². The molecule has 0 aromatic carbocycles. The SMILES string of the molecule is CC1CN(C2CCN(C)C(C)C2)C(C(C)C)CN1.